The number of methoxy groups -OCH3 is 1. The van der Waals surface area contributed by atoms with Crippen molar-refractivity contribution in [3.63, 3.8) is 0 Å². The Morgan fingerprint density at radius 3 is 2.46 bits per heavy atom. The third kappa shape index (κ3) is 4.58. The van der Waals surface area contributed by atoms with E-state index < -0.39 is 45.6 Å². The second-order valence-corrected chi connectivity index (χ2v) is 7.92. The van der Waals surface area contributed by atoms with Crippen LogP contribution in [0.2, 0.25) is 0 Å². The smallest absolute Gasteiger partial charge is 0.300 e. The maximum atomic E-state index is 14.1. The number of ketones is 1. The number of benzene rings is 3. The summed E-state index contributed by atoms with van der Waals surface area (Å²) >= 11 is 0. The van der Waals surface area contributed by atoms with Crippen molar-refractivity contribution >= 4 is 28.8 Å². The van der Waals surface area contributed by atoms with Crippen molar-refractivity contribution in [1.82, 2.24) is 0 Å². The Labute approximate surface area is 209 Å². The van der Waals surface area contributed by atoms with E-state index in [0.717, 1.165) is 29.2 Å². The van der Waals surface area contributed by atoms with Crippen LogP contribution in [-0.2, 0) is 9.59 Å². The summed E-state index contributed by atoms with van der Waals surface area (Å²) in [5.74, 6) is -4.68. The fraction of sp³-hybridized carbons (Fsp3) is 0.154. The van der Waals surface area contributed by atoms with Crippen LogP contribution in [-0.4, -0.2) is 35.4 Å². The van der Waals surface area contributed by atoms with Crippen LogP contribution in [0.5, 0.6) is 11.5 Å². The number of carbonyl (C=O) groups is 2. The molecule has 1 heterocycles. The van der Waals surface area contributed by atoms with Gasteiger partial charge in [-0.3, -0.25) is 24.6 Å². The molecule has 1 aliphatic heterocycles. The van der Waals surface area contributed by atoms with Crippen molar-refractivity contribution in [3.8, 4) is 11.5 Å². The zero-order valence-corrected chi connectivity index (χ0v) is 19.6. The molecule has 9 nitrogen and oxygen atoms in total. The van der Waals surface area contributed by atoms with Crippen LogP contribution < -0.4 is 14.4 Å². The maximum absolute atomic E-state index is 14.1. The van der Waals surface area contributed by atoms with Crippen molar-refractivity contribution in [2.45, 2.75) is 13.0 Å². The van der Waals surface area contributed by atoms with E-state index in [0.29, 0.717) is 5.75 Å². The first-order chi connectivity index (χ1) is 17.7. The number of hydrogen-bond donors (Lipinski definition) is 1. The highest BCUT2D eigenvalue weighted by Gasteiger charge is 2.47. The zero-order chi connectivity index (χ0) is 26.9. The average Bonchev–Trinajstić information content (AvgIpc) is 3.15. The molecule has 1 saturated heterocycles. The van der Waals surface area contributed by atoms with Crippen LogP contribution in [0.1, 0.15) is 24.1 Å². The van der Waals surface area contributed by atoms with E-state index in [4.69, 9.17) is 9.47 Å². The van der Waals surface area contributed by atoms with Crippen LogP contribution in [0.25, 0.3) is 5.76 Å². The lowest BCUT2D eigenvalue weighted by atomic mass is 9.94. The maximum Gasteiger partial charge on any atom is 0.300 e. The minimum absolute atomic E-state index is 0.0824. The van der Waals surface area contributed by atoms with Crippen LogP contribution >= 0.6 is 0 Å². The Hall–Kier alpha value is -4.80. The molecule has 3 aromatic carbocycles. The van der Waals surface area contributed by atoms with Gasteiger partial charge in [0.2, 0.25) is 0 Å². The van der Waals surface area contributed by atoms with Gasteiger partial charge in [0.05, 0.1) is 30.3 Å². The number of nitro benzene ring substituents is 1. The molecule has 0 saturated carbocycles. The molecule has 4 rings (SSSR count). The fourth-order valence-corrected chi connectivity index (χ4v) is 4.10. The van der Waals surface area contributed by atoms with Gasteiger partial charge in [-0.2, -0.15) is 0 Å². The predicted molar refractivity (Wildman–Crippen MR) is 128 cm³/mol. The third-order valence-electron chi connectivity index (χ3n) is 5.76. The molecule has 1 atom stereocenters. The summed E-state index contributed by atoms with van der Waals surface area (Å²) in [6.07, 6.45) is 0. The molecule has 1 N–H and O–H groups in total. The third-order valence-corrected chi connectivity index (χ3v) is 5.76. The lowest BCUT2D eigenvalue weighted by molar-refractivity contribution is -0.384. The summed E-state index contributed by atoms with van der Waals surface area (Å²) < 4.78 is 38.7. The topological polar surface area (TPSA) is 119 Å². The van der Waals surface area contributed by atoms with Gasteiger partial charge in [0.1, 0.15) is 5.76 Å². The summed E-state index contributed by atoms with van der Waals surface area (Å²) in [7, 11) is 1.42. The van der Waals surface area contributed by atoms with Crippen LogP contribution in [0, 0.1) is 21.7 Å². The first kappa shape index (κ1) is 25.3. The molecule has 1 fully saturated rings. The van der Waals surface area contributed by atoms with Gasteiger partial charge in [-0.25, -0.2) is 8.78 Å². The monoisotopic (exact) mass is 510 g/mol. The van der Waals surface area contributed by atoms with E-state index in [2.05, 4.69) is 0 Å². The first-order valence-corrected chi connectivity index (χ1v) is 11.0. The minimum atomic E-state index is -1.31. The number of amides is 1. The lowest BCUT2D eigenvalue weighted by Gasteiger charge is -2.26. The number of nitrogens with zero attached hydrogens (tertiary/aromatic N) is 2. The highest BCUT2D eigenvalue weighted by atomic mass is 19.2. The fourth-order valence-electron chi connectivity index (χ4n) is 4.10. The second-order valence-electron chi connectivity index (χ2n) is 7.92. The predicted octanol–water partition coefficient (Wildman–Crippen LogP) is 4.91. The van der Waals surface area contributed by atoms with E-state index in [1.807, 2.05) is 0 Å². The van der Waals surface area contributed by atoms with E-state index in [1.165, 1.54) is 43.5 Å². The second kappa shape index (κ2) is 10.1. The molecule has 0 spiro atoms. The van der Waals surface area contributed by atoms with Crippen LogP contribution in [0.3, 0.4) is 0 Å². The number of Topliss-reactive ketones (excluding diaryl/α,β-unsaturated/α-hetero) is 1. The molecule has 1 aliphatic rings. The van der Waals surface area contributed by atoms with Gasteiger partial charge in [0.25, 0.3) is 17.4 Å². The van der Waals surface area contributed by atoms with Crippen LogP contribution in [0.15, 0.2) is 66.2 Å². The number of nitro groups is 1. The van der Waals surface area contributed by atoms with Crippen molar-refractivity contribution < 1.29 is 37.9 Å². The highest BCUT2D eigenvalue weighted by molar-refractivity contribution is 6.51. The number of hydrogen-bond acceptors (Lipinski definition) is 7. The van der Waals surface area contributed by atoms with E-state index in [-0.39, 0.29) is 34.9 Å². The number of rotatable bonds is 7. The van der Waals surface area contributed by atoms with Gasteiger partial charge < -0.3 is 14.6 Å². The number of ether oxygens (including phenoxy) is 2. The molecule has 3 aromatic rings. The molecule has 0 radical (unpaired) electrons. The van der Waals surface area contributed by atoms with Crippen LogP contribution in [0.4, 0.5) is 20.2 Å². The summed E-state index contributed by atoms with van der Waals surface area (Å²) in [5.41, 5.74) is -0.694. The van der Waals surface area contributed by atoms with E-state index in [1.54, 1.807) is 6.92 Å². The van der Waals surface area contributed by atoms with E-state index >= 15 is 0 Å². The number of halogens is 2. The van der Waals surface area contributed by atoms with Gasteiger partial charge in [-0.1, -0.05) is 18.2 Å². The molecule has 190 valence electrons. The molecule has 0 bridgehead atoms. The van der Waals surface area contributed by atoms with Gasteiger partial charge in [0, 0.05) is 29.4 Å². The molecule has 0 aliphatic carbocycles. The van der Waals surface area contributed by atoms with Crippen molar-refractivity contribution in [2.24, 2.45) is 0 Å². The highest BCUT2D eigenvalue weighted by Crippen LogP contribution is 2.44. The minimum Gasteiger partial charge on any atom is -0.507 e. The van der Waals surface area contributed by atoms with E-state index in [9.17, 15) is 33.6 Å². The molecule has 1 amide bonds. The number of aliphatic hydroxyl groups is 1. The summed E-state index contributed by atoms with van der Waals surface area (Å²) in [5, 5.41) is 22.4. The molecule has 11 heteroatoms. The Morgan fingerprint density at radius 1 is 1.05 bits per heavy atom. The summed E-state index contributed by atoms with van der Waals surface area (Å²) in [6.45, 7) is 2.00. The Balaban J connectivity index is 1.98. The van der Waals surface area contributed by atoms with Crippen molar-refractivity contribution in [2.75, 3.05) is 18.6 Å². The quantitative estimate of drug-likeness (QED) is 0.158. The molecule has 37 heavy (non-hydrogen) atoms. The van der Waals surface area contributed by atoms with Gasteiger partial charge in [-0.15, -0.1) is 0 Å². The number of carbonyl (C=O) groups excluding carboxylic acids is 2. The molecular weight excluding hydrogens is 490 g/mol. The Kier molecular flexibility index (Phi) is 6.87. The standard InChI is InChI=1S/C26H20F2N2O7/c1-3-37-21-12-14(7-10-20(21)36-2)23-22(24(31)15-5-4-6-17(11-15)30(34)35)25(32)26(33)29(23)16-8-9-18(27)19(28)13-16/h4-13,23,31H,3H2,1-2H3/b24-22+. The Morgan fingerprint density at radius 2 is 1.81 bits per heavy atom. The SMILES string of the molecule is CCOc1cc(C2/C(=C(\O)c3cccc([N+](=O)[O-])c3)C(=O)C(=O)N2c2ccc(F)c(F)c2)ccc1OC. The molecule has 1 unspecified atom stereocenters. The summed E-state index contributed by atoms with van der Waals surface area (Å²) in [4.78, 5) is 37.9. The largest absolute Gasteiger partial charge is 0.507 e. The number of aliphatic hydroxyl groups excluding tert-OH is 1. The Bertz CT molecular complexity index is 1450. The molecular formula is C26H20F2N2O7. The summed E-state index contributed by atoms with van der Waals surface area (Å²) in [6, 6.07) is 10.8. The zero-order valence-electron chi connectivity index (χ0n) is 19.6. The van der Waals surface area contributed by atoms with Crippen molar-refractivity contribution in [1.29, 1.82) is 0 Å². The van der Waals surface area contributed by atoms with Gasteiger partial charge in [-0.05, 0) is 36.8 Å². The molecule has 0 aromatic heterocycles. The average molecular weight is 510 g/mol. The first-order valence-electron chi connectivity index (χ1n) is 11.0. The van der Waals surface area contributed by atoms with Gasteiger partial charge in [0.15, 0.2) is 23.1 Å². The lowest BCUT2D eigenvalue weighted by Crippen LogP contribution is -2.29. The normalized spacial score (nSPS) is 16.6. The van der Waals surface area contributed by atoms with Crippen molar-refractivity contribution in [3.05, 3.63) is 99.1 Å². The number of anilines is 1. The van der Waals surface area contributed by atoms with Gasteiger partial charge >= 0.3 is 0 Å². The number of non-ortho nitro benzene ring substituents is 1.